The fraction of sp³-hybridized carbons (Fsp3) is 0.300. The number of hydrogen-bond donors (Lipinski definition) is 1. The molecule has 1 N–H and O–H groups in total. The third-order valence-corrected chi connectivity index (χ3v) is 1.45. The van der Waals surface area contributed by atoms with Crippen LogP contribution in [0.3, 0.4) is 0 Å². The Balaban J connectivity index is 2.55. The van der Waals surface area contributed by atoms with Gasteiger partial charge in [0.1, 0.15) is 0 Å². The molecule has 0 aliphatic rings. The second kappa shape index (κ2) is 4.40. The van der Waals surface area contributed by atoms with E-state index in [0.717, 1.165) is 11.4 Å². The summed E-state index contributed by atoms with van der Waals surface area (Å²) in [5.41, 5.74) is 2.09. The van der Waals surface area contributed by atoms with Crippen LogP contribution in [-0.2, 0) is 0 Å². The van der Waals surface area contributed by atoms with Crippen molar-refractivity contribution in [3.05, 3.63) is 24.0 Å². The van der Waals surface area contributed by atoms with E-state index < -0.39 is 0 Å². The molecule has 0 aromatic carbocycles. The molecule has 1 aromatic heterocycles. The number of aromatic nitrogens is 1. The molecule has 0 aliphatic heterocycles. The molecule has 0 aliphatic carbocycles. The zero-order chi connectivity index (χ0) is 8.81. The van der Waals surface area contributed by atoms with E-state index in [-0.39, 0.29) is 0 Å². The first-order chi connectivity index (χ1) is 5.83. The zero-order valence-electron chi connectivity index (χ0n) is 7.39. The highest BCUT2D eigenvalue weighted by atomic mass is 14.9. The van der Waals surface area contributed by atoms with E-state index in [1.807, 2.05) is 26.0 Å². The van der Waals surface area contributed by atoms with Gasteiger partial charge in [-0.15, -0.1) is 5.92 Å². The summed E-state index contributed by atoms with van der Waals surface area (Å²) in [4.78, 5) is 4.09. The van der Waals surface area contributed by atoms with Gasteiger partial charge in [0.25, 0.3) is 0 Å². The highest BCUT2D eigenvalue weighted by Crippen LogP contribution is 2.05. The lowest BCUT2D eigenvalue weighted by Crippen LogP contribution is -1.98. The summed E-state index contributed by atoms with van der Waals surface area (Å²) in [5, 5.41) is 3.17. The molecule has 0 bridgehead atoms. The molecule has 1 heterocycles. The van der Waals surface area contributed by atoms with Crippen LogP contribution in [-0.4, -0.2) is 11.5 Å². The van der Waals surface area contributed by atoms with Crippen molar-refractivity contribution >= 4 is 5.69 Å². The van der Waals surface area contributed by atoms with Gasteiger partial charge < -0.3 is 5.32 Å². The largest absolute Gasteiger partial charge is 0.374 e. The molecule has 1 rings (SSSR count). The maximum Gasteiger partial charge on any atom is 0.0765 e. The van der Waals surface area contributed by atoms with E-state index in [1.54, 1.807) is 6.20 Å². The molecule has 0 unspecified atom stereocenters. The van der Waals surface area contributed by atoms with Gasteiger partial charge >= 0.3 is 0 Å². The van der Waals surface area contributed by atoms with Crippen LogP contribution in [0.15, 0.2) is 18.3 Å². The van der Waals surface area contributed by atoms with Crippen molar-refractivity contribution in [1.82, 2.24) is 4.98 Å². The molecule has 2 heteroatoms. The first-order valence-electron chi connectivity index (χ1n) is 3.89. The summed E-state index contributed by atoms with van der Waals surface area (Å²) in [7, 11) is 0. The number of hydrogen-bond acceptors (Lipinski definition) is 2. The fourth-order valence-corrected chi connectivity index (χ4v) is 0.890. The molecule has 0 saturated heterocycles. The smallest absolute Gasteiger partial charge is 0.0765 e. The number of anilines is 1. The molecule has 12 heavy (non-hydrogen) atoms. The highest BCUT2D eigenvalue weighted by molar-refractivity contribution is 5.43. The Morgan fingerprint density at radius 2 is 2.42 bits per heavy atom. The molecular weight excluding hydrogens is 148 g/mol. The van der Waals surface area contributed by atoms with Gasteiger partial charge in [-0.2, -0.15) is 0 Å². The molecule has 1 aromatic rings. The average molecular weight is 160 g/mol. The Labute approximate surface area is 73.0 Å². The molecule has 0 atom stereocenters. The molecular formula is C10H12N2. The number of pyridine rings is 1. The van der Waals surface area contributed by atoms with Crippen molar-refractivity contribution in [2.75, 3.05) is 11.9 Å². The van der Waals surface area contributed by atoms with Crippen LogP contribution >= 0.6 is 0 Å². The molecule has 2 nitrogen and oxygen atoms in total. The summed E-state index contributed by atoms with van der Waals surface area (Å²) in [6.45, 7) is 4.50. The van der Waals surface area contributed by atoms with Crippen molar-refractivity contribution in [1.29, 1.82) is 0 Å². The monoisotopic (exact) mass is 160 g/mol. The lowest BCUT2D eigenvalue weighted by atomic mass is 10.3. The number of rotatable bonds is 2. The minimum absolute atomic E-state index is 0.694. The van der Waals surface area contributed by atoms with Crippen molar-refractivity contribution in [2.45, 2.75) is 13.8 Å². The Morgan fingerprint density at radius 3 is 3.08 bits per heavy atom. The van der Waals surface area contributed by atoms with Gasteiger partial charge in [-0.05, 0) is 26.0 Å². The summed E-state index contributed by atoms with van der Waals surface area (Å²) in [6.07, 6.45) is 1.79. The molecule has 0 fully saturated rings. The van der Waals surface area contributed by atoms with Gasteiger partial charge in [0.15, 0.2) is 0 Å². The maximum absolute atomic E-state index is 4.09. The highest BCUT2D eigenvalue weighted by Gasteiger charge is 1.89. The van der Waals surface area contributed by atoms with Gasteiger partial charge in [-0.1, -0.05) is 5.92 Å². The normalized spacial score (nSPS) is 8.50. The number of aryl methyl sites for hydroxylation is 1. The predicted octanol–water partition coefficient (Wildman–Crippen LogP) is 1.83. The average Bonchev–Trinajstić information content (AvgIpc) is 2.05. The van der Waals surface area contributed by atoms with Crippen molar-refractivity contribution in [3.63, 3.8) is 0 Å². The second-order valence-electron chi connectivity index (χ2n) is 2.47. The summed E-state index contributed by atoms with van der Waals surface area (Å²) >= 11 is 0. The number of nitrogens with zero attached hydrogens (tertiary/aromatic N) is 1. The Morgan fingerprint density at radius 1 is 1.58 bits per heavy atom. The van der Waals surface area contributed by atoms with Gasteiger partial charge in [-0.25, -0.2) is 0 Å². The topological polar surface area (TPSA) is 24.9 Å². The van der Waals surface area contributed by atoms with Crippen molar-refractivity contribution in [2.24, 2.45) is 0 Å². The third kappa shape index (κ3) is 2.63. The van der Waals surface area contributed by atoms with E-state index in [9.17, 15) is 0 Å². The summed E-state index contributed by atoms with van der Waals surface area (Å²) < 4.78 is 0. The first-order valence-corrected chi connectivity index (χ1v) is 3.89. The van der Waals surface area contributed by atoms with Crippen LogP contribution in [0.4, 0.5) is 5.69 Å². The zero-order valence-corrected chi connectivity index (χ0v) is 7.39. The van der Waals surface area contributed by atoms with E-state index in [1.165, 1.54) is 0 Å². The van der Waals surface area contributed by atoms with Crippen LogP contribution in [0, 0.1) is 18.8 Å². The van der Waals surface area contributed by atoms with Crippen molar-refractivity contribution < 1.29 is 0 Å². The minimum Gasteiger partial charge on any atom is -0.374 e. The summed E-state index contributed by atoms with van der Waals surface area (Å²) in [5.74, 6) is 5.76. The van der Waals surface area contributed by atoms with Crippen LogP contribution < -0.4 is 5.32 Å². The first kappa shape index (κ1) is 8.61. The van der Waals surface area contributed by atoms with Crippen molar-refractivity contribution in [3.8, 4) is 11.8 Å². The van der Waals surface area contributed by atoms with E-state index in [4.69, 9.17) is 0 Å². The van der Waals surface area contributed by atoms with Crippen LogP contribution in [0.1, 0.15) is 12.6 Å². The van der Waals surface area contributed by atoms with Gasteiger partial charge in [0, 0.05) is 17.6 Å². The maximum atomic E-state index is 4.09. The minimum atomic E-state index is 0.694. The standard InChI is InChI=1S/C10H12N2/c1-3-4-6-12-10-5-7-11-9(2)8-10/h5,7-8H,6H2,1-2H3,(H,11,12). The second-order valence-corrected chi connectivity index (χ2v) is 2.47. The predicted molar refractivity (Wildman–Crippen MR) is 50.9 cm³/mol. The lowest BCUT2D eigenvalue weighted by Gasteiger charge is -2.01. The van der Waals surface area contributed by atoms with Gasteiger partial charge in [0.05, 0.1) is 6.54 Å². The van der Waals surface area contributed by atoms with Gasteiger partial charge in [-0.3, -0.25) is 4.98 Å². The van der Waals surface area contributed by atoms with E-state index in [0.29, 0.717) is 6.54 Å². The Bertz CT molecular complexity index is 307. The molecule has 0 radical (unpaired) electrons. The van der Waals surface area contributed by atoms with Gasteiger partial charge in [0.2, 0.25) is 0 Å². The van der Waals surface area contributed by atoms with Crippen LogP contribution in [0.2, 0.25) is 0 Å². The fourth-order valence-electron chi connectivity index (χ4n) is 0.890. The van der Waals surface area contributed by atoms with E-state index in [2.05, 4.69) is 22.1 Å². The lowest BCUT2D eigenvalue weighted by molar-refractivity contribution is 1.19. The molecule has 62 valence electrons. The third-order valence-electron chi connectivity index (χ3n) is 1.45. The van der Waals surface area contributed by atoms with E-state index >= 15 is 0 Å². The summed E-state index contributed by atoms with van der Waals surface area (Å²) in [6, 6.07) is 3.93. The SMILES string of the molecule is CC#CCNc1ccnc(C)c1. The van der Waals surface area contributed by atoms with Crippen LogP contribution in [0.5, 0.6) is 0 Å². The Kier molecular flexibility index (Phi) is 3.16. The Hall–Kier alpha value is -1.49. The van der Waals surface area contributed by atoms with Crippen LogP contribution in [0.25, 0.3) is 0 Å². The molecule has 0 amide bonds. The molecule has 0 spiro atoms. The molecule has 0 saturated carbocycles. The quantitative estimate of drug-likeness (QED) is 0.667. The number of nitrogens with one attached hydrogen (secondary N) is 1.